The van der Waals surface area contributed by atoms with Crippen LogP contribution in [-0.4, -0.2) is 41.1 Å². The molecular weight excluding hydrogens is 394 g/mol. The number of benzene rings is 1. The third-order valence-corrected chi connectivity index (χ3v) is 5.66. The van der Waals surface area contributed by atoms with Gasteiger partial charge in [0, 0.05) is 49.9 Å². The molecule has 0 unspecified atom stereocenters. The minimum atomic E-state index is -0.260. The van der Waals surface area contributed by atoms with Crippen molar-refractivity contribution in [1.82, 2.24) is 20.5 Å². The Hall–Kier alpha value is -3.88. The van der Waals surface area contributed by atoms with Gasteiger partial charge in [-0.15, -0.1) is 0 Å². The van der Waals surface area contributed by atoms with Gasteiger partial charge in [-0.25, -0.2) is 4.98 Å². The van der Waals surface area contributed by atoms with Gasteiger partial charge in [-0.1, -0.05) is 12.1 Å². The Labute approximate surface area is 179 Å². The van der Waals surface area contributed by atoms with Crippen LogP contribution in [0.3, 0.4) is 0 Å². The normalized spacial score (nSPS) is 14.5. The van der Waals surface area contributed by atoms with Crippen molar-refractivity contribution in [3.8, 4) is 11.3 Å². The summed E-state index contributed by atoms with van der Waals surface area (Å²) in [6.45, 7) is 0.721. The summed E-state index contributed by atoms with van der Waals surface area (Å²) < 4.78 is 0. The summed E-state index contributed by atoms with van der Waals surface area (Å²) in [6, 6.07) is 7.67. The first kappa shape index (κ1) is 19.1. The maximum absolute atomic E-state index is 12.5. The number of hydrogen-bond donors (Lipinski definition) is 4. The molecule has 0 saturated heterocycles. The van der Waals surface area contributed by atoms with Gasteiger partial charge in [-0.2, -0.15) is 5.10 Å². The summed E-state index contributed by atoms with van der Waals surface area (Å²) >= 11 is 0. The smallest absolute Gasteiger partial charge is 0.254 e. The third-order valence-electron chi connectivity index (χ3n) is 5.66. The molecule has 1 fully saturated rings. The predicted octanol–water partition coefficient (Wildman–Crippen LogP) is 2.87. The van der Waals surface area contributed by atoms with Crippen molar-refractivity contribution in [3.05, 3.63) is 47.8 Å². The Morgan fingerprint density at radius 2 is 2.03 bits per heavy atom. The summed E-state index contributed by atoms with van der Waals surface area (Å²) in [6.07, 6.45) is 5.14. The number of rotatable bonds is 5. The second kappa shape index (κ2) is 7.42. The maximum atomic E-state index is 12.5. The molecule has 2 aromatic heterocycles. The standard InChI is InChI=1S/C22H23N7O2/c1-23-22(31)15-10-24-18(27-21(30)12-6-7-12)8-17(15)26-16-5-3-4-14-19-13(9-25-28-19)11-29(2)20(14)16/h3-5,8-10,12H,6-7,11H2,1-2H3,(H,23,31)(H,25,28)(H2,24,26,27,30). The van der Waals surface area contributed by atoms with Crippen molar-refractivity contribution in [2.75, 3.05) is 29.6 Å². The molecule has 158 valence electrons. The van der Waals surface area contributed by atoms with Crippen LogP contribution in [-0.2, 0) is 11.3 Å². The van der Waals surface area contributed by atoms with E-state index < -0.39 is 0 Å². The second-order valence-corrected chi connectivity index (χ2v) is 7.91. The van der Waals surface area contributed by atoms with Gasteiger partial charge in [-0.3, -0.25) is 14.7 Å². The van der Waals surface area contributed by atoms with E-state index in [2.05, 4.69) is 36.0 Å². The highest BCUT2D eigenvalue weighted by Crippen LogP contribution is 2.43. The van der Waals surface area contributed by atoms with E-state index in [1.165, 1.54) is 6.20 Å². The molecular formula is C22H23N7O2. The lowest BCUT2D eigenvalue weighted by Gasteiger charge is -2.30. The molecule has 2 amide bonds. The topological polar surface area (TPSA) is 115 Å². The molecule has 1 aliphatic carbocycles. The van der Waals surface area contributed by atoms with E-state index >= 15 is 0 Å². The van der Waals surface area contributed by atoms with Gasteiger partial charge in [0.15, 0.2) is 0 Å². The molecule has 4 N–H and O–H groups in total. The van der Waals surface area contributed by atoms with Crippen molar-refractivity contribution in [1.29, 1.82) is 0 Å². The lowest BCUT2D eigenvalue weighted by atomic mass is 9.99. The zero-order chi connectivity index (χ0) is 21.5. The van der Waals surface area contributed by atoms with Crippen LogP contribution in [0.15, 0.2) is 36.7 Å². The van der Waals surface area contributed by atoms with E-state index in [9.17, 15) is 9.59 Å². The highest BCUT2D eigenvalue weighted by atomic mass is 16.2. The Bertz CT molecular complexity index is 1180. The van der Waals surface area contributed by atoms with E-state index in [4.69, 9.17) is 0 Å². The molecule has 3 aromatic rings. The monoisotopic (exact) mass is 417 g/mol. The Morgan fingerprint density at radius 3 is 2.81 bits per heavy atom. The predicted molar refractivity (Wildman–Crippen MR) is 118 cm³/mol. The first-order valence-electron chi connectivity index (χ1n) is 10.2. The van der Waals surface area contributed by atoms with Crippen molar-refractivity contribution in [3.63, 3.8) is 0 Å². The maximum Gasteiger partial charge on any atom is 0.254 e. The quantitative estimate of drug-likeness (QED) is 0.507. The number of aromatic nitrogens is 3. The largest absolute Gasteiger partial charge is 0.368 e. The molecule has 31 heavy (non-hydrogen) atoms. The summed E-state index contributed by atoms with van der Waals surface area (Å²) in [7, 11) is 3.60. The lowest BCUT2D eigenvalue weighted by molar-refractivity contribution is -0.117. The molecule has 0 radical (unpaired) electrons. The van der Waals surface area contributed by atoms with Gasteiger partial charge < -0.3 is 20.9 Å². The number of nitrogens with one attached hydrogen (secondary N) is 4. The number of anilines is 4. The van der Waals surface area contributed by atoms with Crippen molar-refractivity contribution in [2.45, 2.75) is 19.4 Å². The first-order valence-corrected chi connectivity index (χ1v) is 10.2. The molecule has 1 aromatic carbocycles. The van der Waals surface area contributed by atoms with Crippen LogP contribution < -0.4 is 20.9 Å². The molecule has 5 rings (SSSR count). The van der Waals surface area contributed by atoms with Crippen LogP contribution in [0.5, 0.6) is 0 Å². The number of para-hydroxylation sites is 1. The van der Waals surface area contributed by atoms with E-state index in [1.807, 2.05) is 31.4 Å². The minimum absolute atomic E-state index is 0.0326. The SMILES string of the molecule is CNC(=O)c1cnc(NC(=O)C2CC2)cc1Nc1cccc2c1N(C)Cc1cn[nH]c1-2. The summed E-state index contributed by atoms with van der Waals surface area (Å²) in [4.78, 5) is 31.0. The van der Waals surface area contributed by atoms with E-state index in [0.29, 0.717) is 17.1 Å². The lowest BCUT2D eigenvalue weighted by Crippen LogP contribution is -2.23. The van der Waals surface area contributed by atoms with Gasteiger partial charge in [0.05, 0.1) is 34.5 Å². The molecule has 1 saturated carbocycles. The van der Waals surface area contributed by atoms with Crippen molar-refractivity contribution >= 4 is 34.7 Å². The zero-order valence-electron chi connectivity index (χ0n) is 17.3. The molecule has 9 nitrogen and oxygen atoms in total. The average Bonchev–Trinajstić information content (AvgIpc) is 3.52. The molecule has 2 aliphatic rings. The van der Waals surface area contributed by atoms with Crippen LogP contribution >= 0.6 is 0 Å². The summed E-state index contributed by atoms with van der Waals surface area (Å²) in [5.74, 6) is 0.190. The van der Waals surface area contributed by atoms with Crippen LogP contribution in [0.2, 0.25) is 0 Å². The molecule has 0 atom stereocenters. The number of amides is 2. The van der Waals surface area contributed by atoms with Crippen molar-refractivity contribution < 1.29 is 9.59 Å². The highest BCUT2D eigenvalue weighted by Gasteiger charge is 2.30. The first-order chi connectivity index (χ1) is 15.0. The van der Waals surface area contributed by atoms with Crippen molar-refractivity contribution in [2.24, 2.45) is 5.92 Å². The summed E-state index contributed by atoms with van der Waals surface area (Å²) in [5.41, 5.74) is 5.97. The van der Waals surface area contributed by atoms with E-state index in [1.54, 1.807) is 13.1 Å². The Balaban J connectivity index is 1.54. The van der Waals surface area contributed by atoms with E-state index in [0.717, 1.165) is 47.6 Å². The number of aromatic amines is 1. The Kier molecular flexibility index (Phi) is 4.58. The minimum Gasteiger partial charge on any atom is -0.368 e. The average molecular weight is 417 g/mol. The zero-order valence-corrected chi connectivity index (χ0v) is 17.3. The highest BCUT2D eigenvalue weighted by molar-refractivity contribution is 6.02. The van der Waals surface area contributed by atoms with Gasteiger partial charge >= 0.3 is 0 Å². The fourth-order valence-corrected chi connectivity index (χ4v) is 3.92. The van der Waals surface area contributed by atoms with Gasteiger partial charge in [0.2, 0.25) is 5.91 Å². The molecule has 0 spiro atoms. The number of carbonyl (C=O) groups is 2. The fourth-order valence-electron chi connectivity index (χ4n) is 3.92. The number of fused-ring (bicyclic) bond motifs is 3. The number of nitrogens with zero attached hydrogens (tertiary/aromatic N) is 3. The number of pyridine rings is 1. The second-order valence-electron chi connectivity index (χ2n) is 7.91. The van der Waals surface area contributed by atoms with Crippen LogP contribution in [0.1, 0.15) is 28.8 Å². The van der Waals surface area contributed by atoms with Crippen LogP contribution in [0, 0.1) is 5.92 Å². The number of H-pyrrole nitrogens is 1. The number of carbonyl (C=O) groups excluding carboxylic acids is 2. The molecule has 0 bridgehead atoms. The molecule has 1 aliphatic heterocycles. The van der Waals surface area contributed by atoms with Gasteiger partial charge in [-0.05, 0) is 18.9 Å². The van der Waals surface area contributed by atoms with Gasteiger partial charge in [0.25, 0.3) is 5.91 Å². The fraction of sp³-hybridized carbons (Fsp3) is 0.273. The summed E-state index contributed by atoms with van der Waals surface area (Å²) in [5, 5.41) is 16.2. The molecule has 3 heterocycles. The van der Waals surface area contributed by atoms with Gasteiger partial charge in [0.1, 0.15) is 5.82 Å². The van der Waals surface area contributed by atoms with Crippen LogP contribution in [0.25, 0.3) is 11.3 Å². The number of hydrogen-bond acceptors (Lipinski definition) is 6. The van der Waals surface area contributed by atoms with Crippen LogP contribution in [0.4, 0.5) is 22.9 Å². The third kappa shape index (κ3) is 3.48. The van der Waals surface area contributed by atoms with E-state index in [-0.39, 0.29) is 17.7 Å². The molecule has 9 heteroatoms. The Morgan fingerprint density at radius 1 is 1.19 bits per heavy atom.